The highest BCUT2D eigenvalue weighted by molar-refractivity contribution is 7.13. The average Bonchev–Trinajstić information content (AvgIpc) is 2.95. The van der Waals surface area contributed by atoms with E-state index < -0.39 is 11.5 Å². The van der Waals surface area contributed by atoms with Crippen LogP contribution in [0, 0.1) is 0 Å². The third kappa shape index (κ3) is 3.86. The summed E-state index contributed by atoms with van der Waals surface area (Å²) in [5.41, 5.74) is 0.760. The first-order valence-corrected chi connectivity index (χ1v) is 7.77. The molecule has 0 amide bonds. The summed E-state index contributed by atoms with van der Waals surface area (Å²) in [5, 5.41) is 15.2. The van der Waals surface area contributed by atoms with Crippen LogP contribution in [0.5, 0.6) is 0 Å². The fourth-order valence-corrected chi connectivity index (χ4v) is 2.85. The summed E-state index contributed by atoms with van der Waals surface area (Å²) >= 11 is 1.51. The summed E-state index contributed by atoms with van der Waals surface area (Å²) in [7, 11) is 0. The van der Waals surface area contributed by atoms with Gasteiger partial charge < -0.3 is 5.11 Å². The molecule has 2 heterocycles. The molecule has 2 aromatic heterocycles. The molecule has 21 heavy (non-hydrogen) atoms. The van der Waals surface area contributed by atoms with Crippen molar-refractivity contribution in [3.05, 3.63) is 35.5 Å². The van der Waals surface area contributed by atoms with E-state index in [0.29, 0.717) is 13.0 Å². The Labute approximate surface area is 128 Å². The summed E-state index contributed by atoms with van der Waals surface area (Å²) in [6, 6.07) is 5.70. The van der Waals surface area contributed by atoms with Gasteiger partial charge in [-0.15, -0.1) is 11.3 Å². The van der Waals surface area contributed by atoms with E-state index in [1.54, 1.807) is 13.1 Å². The Morgan fingerprint density at radius 3 is 2.90 bits per heavy atom. The Morgan fingerprint density at radius 1 is 1.48 bits per heavy atom. The minimum Gasteiger partial charge on any atom is -0.480 e. The quantitative estimate of drug-likeness (QED) is 0.822. The van der Waals surface area contributed by atoms with Gasteiger partial charge in [-0.25, -0.2) is 4.98 Å². The van der Waals surface area contributed by atoms with Crippen molar-refractivity contribution < 1.29 is 9.90 Å². The number of nitrogens with one attached hydrogen (secondary N) is 1. The van der Waals surface area contributed by atoms with Crippen molar-refractivity contribution in [2.24, 2.45) is 0 Å². The van der Waals surface area contributed by atoms with Crippen LogP contribution in [0.1, 0.15) is 32.4 Å². The van der Waals surface area contributed by atoms with Crippen molar-refractivity contribution in [3.63, 3.8) is 0 Å². The summed E-state index contributed by atoms with van der Waals surface area (Å²) in [5.74, 6) is -0.829. The van der Waals surface area contributed by atoms with Crippen LogP contribution < -0.4 is 5.32 Å². The molecule has 0 radical (unpaired) electrons. The first-order chi connectivity index (χ1) is 10.0. The topological polar surface area (TPSA) is 75.1 Å². The number of thiazole rings is 1. The maximum Gasteiger partial charge on any atom is 0.323 e. The van der Waals surface area contributed by atoms with Crippen LogP contribution in [0.2, 0.25) is 0 Å². The lowest BCUT2D eigenvalue weighted by atomic mass is 9.96. The molecule has 2 N–H and O–H groups in total. The molecular weight excluding hydrogens is 286 g/mol. The molecule has 0 aliphatic rings. The summed E-state index contributed by atoms with van der Waals surface area (Å²) in [6.45, 7) is 4.13. The van der Waals surface area contributed by atoms with Gasteiger partial charge in [0.25, 0.3) is 0 Å². The molecule has 0 spiro atoms. The molecule has 0 aliphatic heterocycles. The highest BCUT2D eigenvalue weighted by Gasteiger charge is 2.31. The van der Waals surface area contributed by atoms with Crippen molar-refractivity contribution in [1.29, 1.82) is 0 Å². The molecule has 0 aromatic carbocycles. The molecule has 112 valence electrons. The smallest absolute Gasteiger partial charge is 0.323 e. The van der Waals surface area contributed by atoms with Crippen molar-refractivity contribution in [2.75, 3.05) is 0 Å². The van der Waals surface area contributed by atoms with Gasteiger partial charge in [0.05, 0.1) is 11.4 Å². The second-order valence-corrected chi connectivity index (χ2v) is 5.96. The predicted octanol–water partition coefficient (Wildman–Crippen LogP) is 2.94. The van der Waals surface area contributed by atoms with E-state index in [0.717, 1.165) is 22.8 Å². The average molecular weight is 305 g/mol. The van der Waals surface area contributed by atoms with Gasteiger partial charge in [0, 0.05) is 18.1 Å². The Balaban J connectivity index is 2.04. The van der Waals surface area contributed by atoms with E-state index in [9.17, 15) is 9.90 Å². The number of carboxylic acid groups (broad SMARTS) is 1. The van der Waals surface area contributed by atoms with Gasteiger partial charge in [0.1, 0.15) is 10.5 Å². The molecule has 1 atom stereocenters. The number of nitrogens with zero attached hydrogens (tertiary/aromatic N) is 2. The fraction of sp³-hybridized carbons (Fsp3) is 0.400. The lowest BCUT2D eigenvalue weighted by molar-refractivity contribution is -0.144. The van der Waals surface area contributed by atoms with Crippen LogP contribution in [0.25, 0.3) is 10.7 Å². The van der Waals surface area contributed by atoms with E-state index in [4.69, 9.17) is 0 Å². The van der Waals surface area contributed by atoms with Crippen LogP contribution in [-0.4, -0.2) is 26.6 Å². The molecule has 2 rings (SSSR count). The number of carbonyl (C=O) groups is 1. The first kappa shape index (κ1) is 15.6. The van der Waals surface area contributed by atoms with Gasteiger partial charge in [-0.05, 0) is 25.5 Å². The Bertz CT molecular complexity index is 600. The number of hydrogen-bond acceptors (Lipinski definition) is 5. The Hall–Kier alpha value is -1.79. The maximum atomic E-state index is 11.4. The number of rotatable bonds is 7. The molecule has 0 saturated heterocycles. The number of carboxylic acids is 1. The van der Waals surface area contributed by atoms with Crippen molar-refractivity contribution in [1.82, 2.24) is 15.3 Å². The molecule has 0 fully saturated rings. The predicted molar refractivity (Wildman–Crippen MR) is 83.1 cm³/mol. The van der Waals surface area contributed by atoms with E-state index in [-0.39, 0.29) is 0 Å². The fourth-order valence-electron chi connectivity index (χ4n) is 2.05. The zero-order valence-corrected chi connectivity index (χ0v) is 13.0. The monoisotopic (exact) mass is 305 g/mol. The van der Waals surface area contributed by atoms with Crippen LogP contribution >= 0.6 is 11.3 Å². The summed E-state index contributed by atoms with van der Waals surface area (Å²) in [4.78, 5) is 20.1. The lowest BCUT2D eigenvalue weighted by Gasteiger charge is -2.25. The summed E-state index contributed by atoms with van der Waals surface area (Å²) in [6.07, 6.45) is 3.13. The first-order valence-electron chi connectivity index (χ1n) is 6.89. The van der Waals surface area contributed by atoms with Gasteiger partial charge in [-0.2, -0.15) is 0 Å². The van der Waals surface area contributed by atoms with E-state index in [1.807, 2.05) is 30.5 Å². The van der Waals surface area contributed by atoms with Gasteiger partial charge in [-0.3, -0.25) is 15.1 Å². The molecule has 0 aliphatic carbocycles. The third-order valence-corrected chi connectivity index (χ3v) is 4.23. The SMILES string of the molecule is CCCC(C)(NCc1csc(-c2ccccn2)n1)C(=O)O. The van der Waals surface area contributed by atoms with Crippen LogP contribution in [0.4, 0.5) is 0 Å². The third-order valence-electron chi connectivity index (χ3n) is 3.32. The largest absolute Gasteiger partial charge is 0.480 e. The van der Waals surface area contributed by atoms with E-state index >= 15 is 0 Å². The number of pyridine rings is 1. The second kappa shape index (κ2) is 6.78. The zero-order chi connectivity index (χ0) is 15.3. The number of hydrogen-bond donors (Lipinski definition) is 2. The van der Waals surface area contributed by atoms with Crippen molar-refractivity contribution >= 4 is 17.3 Å². The van der Waals surface area contributed by atoms with Crippen molar-refractivity contribution in [2.45, 2.75) is 38.8 Å². The minimum absolute atomic E-state index is 0.437. The highest BCUT2D eigenvalue weighted by atomic mass is 32.1. The molecule has 5 nitrogen and oxygen atoms in total. The highest BCUT2D eigenvalue weighted by Crippen LogP contribution is 2.22. The molecule has 0 saturated carbocycles. The molecule has 6 heteroatoms. The number of aliphatic carboxylic acids is 1. The lowest BCUT2D eigenvalue weighted by Crippen LogP contribution is -2.48. The summed E-state index contributed by atoms with van der Waals surface area (Å²) < 4.78 is 0. The minimum atomic E-state index is -0.913. The maximum absolute atomic E-state index is 11.4. The van der Waals surface area contributed by atoms with Crippen LogP contribution in [0.15, 0.2) is 29.8 Å². The molecule has 0 bridgehead atoms. The van der Waals surface area contributed by atoms with Gasteiger partial charge >= 0.3 is 5.97 Å². The Morgan fingerprint density at radius 2 is 2.29 bits per heavy atom. The molecule has 1 unspecified atom stereocenters. The van der Waals surface area contributed by atoms with Crippen LogP contribution in [-0.2, 0) is 11.3 Å². The zero-order valence-electron chi connectivity index (χ0n) is 12.2. The van der Waals surface area contributed by atoms with Gasteiger partial charge in [-0.1, -0.05) is 19.4 Å². The van der Waals surface area contributed by atoms with Gasteiger partial charge in [0.2, 0.25) is 0 Å². The van der Waals surface area contributed by atoms with Crippen LogP contribution in [0.3, 0.4) is 0 Å². The molecule has 2 aromatic rings. The van der Waals surface area contributed by atoms with E-state index in [2.05, 4.69) is 15.3 Å². The number of aromatic nitrogens is 2. The van der Waals surface area contributed by atoms with Gasteiger partial charge in [0.15, 0.2) is 0 Å². The van der Waals surface area contributed by atoms with Crippen molar-refractivity contribution in [3.8, 4) is 10.7 Å². The normalized spacial score (nSPS) is 13.8. The molecular formula is C15H19N3O2S. The standard InChI is InChI=1S/C15H19N3O2S/c1-3-7-15(2,14(19)20)17-9-11-10-21-13(18-11)12-6-4-5-8-16-12/h4-6,8,10,17H,3,7,9H2,1-2H3,(H,19,20). The second-order valence-electron chi connectivity index (χ2n) is 5.10. The van der Waals surface area contributed by atoms with E-state index in [1.165, 1.54) is 11.3 Å². The Kier molecular flexibility index (Phi) is 5.03.